The third-order valence-corrected chi connectivity index (χ3v) is 2.85. The van der Waals surface area contributed by atoms with Gasteiger partial charge in [0, 0.05) is 30.8 Å². The lowest BCUT2D eigenvalue weighted by atomic mass is 9.87. The zero-order chi connectivity index (χ0) is 11.5. The SMILES string of the molecule is O=C1Cc2ccc(N(CCO)CCO)cc21. The van der Waals surface area contributed by atoms with Crippen LogP contribution in [0.5, 0.6) is 0 Å². The quantitative estimate of drug-likeness (QED) is 0.746. The van der Waals surface area contributed by atoms with E-state index in [2.05, 4.69) is 0 Å². The Morgan fingerprint density at radius 1 is 1.19 bits per heavy atom. The van der Waals surface area contributed by atoms with Crippen LogP contribution in [0, 0.1) is 0 Å². The maximum Gasteiger partial charge on any atom is 0.167 e. The third kappa shape index (κ3) is 1.94. The molecule has 0 unspecified atom stereocenters. The topological polar surface area (TPSA) is 60.8 Å². The normalized spacial score (nSPS) is 13.2. The molecular weight excluding hydrogens is 206 g/mol. The maximum absolute atomic E-state index is 11.3. The maximum atomic E-state index is 11.3. The summed E-state index contributed by atoms with van der Waals surface area (Å²) in [6.45, 7) is 0.997. The van der Waals surface area contributed by atoms with Crippen LogP contribution in [-0.4, -0.2) is 42.3 Å². The molecule has 16 heavy (non-hydrogen) atoms. The van der Waals surface area contributed by atoms with Gasteiger partial charge in [0.25, 0.3) is 0 Å². The molecule has 86 valence electrons. The molecule has 2 N–H and O–H groups in total. The minimum absolute atomic E-state index is 0.0328. The van der Waals surface area contributed by atoms with Gasteiger partial charge in [-0.05, 0) is 17.7 Å². The second-order valence-electron chi connectivity index (χ2n) is 3.88. The highest BCUT2D eigenvalue weighted by Gasteiger charge is 2.23. The van der Waals surface area contributed by atoms with Crippen LogP contribution in [0.4, 0.5) is 5.69 Å². The van der Waals surface area contributed by atoms with E-state index in [-0.39, 0.29) is 19.0 Å². The summed E-state index contributed by atoms with van der Waals surface area (Å²) in [6, 6.07) is 5.71. The van der Waals surface area contributed by atoms with Crippen molar-refractivity contribution in [1.82, 2.24) is 0 Å². The molecule has 2 rings (SSSR count). The number of aliphatic hydroxyl groups is 2. The summed E-state index contributed by atoms with van der Waals surface area (Å²) < 4.78 is 0. The van der Waals surface area contributed by atoms with Gasteiger partial charge >= 0.3 is 0 Å². The Morgan fingerprint density at radius 3 is 2.44 bits per heavy atom. The number of nitrogens with zero attached hydrogens (tertiary/aromatic N) is 1. The van der Waals surface area contributed by atoms with Crippen LogP contribution in [0.15, 0.2) is 18.2 Å². The van der Waals surface area contributed by atoms with Crippen LogP contribution in [-0.2, 0) is 6.42 Å². The van der Waals surface area contributed by atoms with Gasteiger partial charge < -0.3 is 15.1 Å². The van der Waals surface area contributed by atoms with E-state index in [0.29, 0.717) is 19.5 Å². The number of carbonyl (C=O) groups excluding carboxylic acids is 1. The molecule has 0 saturated heterocycles. The van der Waals surface area contributed by atoms with Crippen molar-refractivity contribution < 1.29 is 15.0 Å². The standard InChI is InChI=1S/C12H15NO3/c14-5-3-13(4-6-15)10-2-1-9-7-12(16)11(9)8-10/h1-2,8,14-15H,3-7H2. The molecule has 1 aliphatic rings. The summed E-state index contributed by atoms with van der Waals surface area (Å²) in [7, 11) is 0. The molecule has 0 spiro atoms. The molecule has 1 aromatic rings. The smallest absolute Gasteiger partial charge is 0.167 e. The summed E-state index contributed by atoms with van der Waals surface area (Å²) in [5, 5.41) is 17.8. The van der Waals surface area contributed by atoms with Crippen LogP contribution >= 0.6 is 0 Å². The van der Waals surface area contributed by atoms with Gasteiger partial charge in [0.05, 0.1) is 13.2 Å². The molecule has 0 amide bonds. The van der Waals surface area contributed by atoms with E-state index < -0.39 is 0 Å². The molecule has 0 saturated carbocycles. The lowest BCUT2D eigenvalue weighted by Crippen LogP contribution is -2.30. The van der Waals surface area contributed by atoms with Crippen molar-refractivity contribution in [3.63, 3.8) is 0 Å². The molecule has 0 atom stereocenters. The number of rotatable bonds is 5. The predicted octanol–water partition coefficient (Wildman–Crippen LogP) is 0.216. The van der Waals surface area contributed by atoms with Gasteiger partial charge in [0.1, 0.15) is 0 Å². The first kappa shape index (κ1) is 11.1. The van der Waals surface area contributed by atoms with E-state index in [9.17, 15) is 4.79 Å². The lowest BCUT2D eigenvalue weighted by Gasteiger charge is -2.26. The van der Waals surface area contributed by atoms with Crippen molar-refractivity contribution in [1.29, 1.82) is 0 Å². The van der Waals surface area contributed by atoms with Gasteiger partial charge in [-0.2, -0.15) is 0 Å². The number of aliphatic hydroxyl groups excluding tert-OH is 2. The summed E-state index contributed by atoms with van der Waals surface area (Å²) in [5.74, 6) is 0.171. The predicted molar refractivity (Wildman–Crippen MR) is 60.9 cm³/mol. The fraction of sp³-hybridized carbons (Fsp3) is 0.417. The largest absolute Gasteiger partial charge is 0.395 e. The molecule has 0 aromatic heterocycles. The number of Topliss-reactive ketones (excluding diaryl/α,β-unsaturated/α-hetero) is 1. The van der Waals surface area contributed by atoms with Crippen molar-refractivity contribution in [2.75, 3.05) is 31.2 Å². The van der Waals surface area contributed by atoms with Crippen molar-refractivity contribution in [2.45, 2.75) is 6.42 Å². The molecule has 1 aliphatic carbocycles. The number of hydrogen-bond acceptors (Lipinski definition) is 4. The Hall–Kier alpha value is -1.39. The highest BCUT2D eigenvalue weighted by molar-refractivity contribution is 6.07. The molecule has 1 aromatic carbocycles. The van der Waals surface area contributed by atoms with Gasteiger partial charge in [0.15, 0.2) is 5.78 Å². The average molecular weight is 221 g/mol. The molecule has 0 bridgehead atoms. The van der Waals surface area contributed by atoms with Crippen LogP contribution in [0.1, 0.15) is 15.9 Å². The second-order valence-corrected chi connectivity index (χ2v) is 3.88. The third-order valence-electron chi connectivity index (χ3n) is 2.85. The average Bonchev–Trinajstić information content (AvgIpc) is 2.28. The van der Waals surface area contributed by atoms with Crippen molar-refractivity contribution in [2.24, 2.45) is 0 Å². The molecule has 0 fully saturated rings. The Labute approximate surface area is 94.1 Å². The Kier molecular flexibility index (Phi) is 3.22. The first-order valence-corrected chi connectivity index (χ1v) is 5.39. The number of carbonyl (C=O) groups is 1. The van der Waals surface area contributed by atoms with E-state index in [1.54, 1.807) is 0 Å². The Balaban J connectivity index is 2.21. The van der Waals surface area contributed by atoms with E-state index >= 15 is 0 Å². The van der Waals surface area contributed by atoms with Crippen LogP contribution < -0.4 is 4.90 Å². The molecule has 0 heterocycles. The van der Waals surface area contributed by atoms with E-state index in [1.165, 1.54) is 0 Å². The van der Waals surface area contributed by atoms with Gasteiger partial charge in [-0.25, -0.2) is 0 Å². The van der Waals surface area contributed by atoms with Gasteiger partial charge in [-0.15, -0.1) is 0 Å². The van der Waals surface area contributed by atoms with Crippen molar-refractivity contribution in [3.8, 4) is 0 Å². The zero-order valence-corrected chi connectivity index (χ0v) is 9.02. The monoisotopic (exact) mass is 221 g/mol. The summed E-state index contributed by atoms with van der Waals surface area (Å²) in [4.78, 5) is 13.2. The molecule has 4 nitrogen and oxygen atoms in total. The summed E-state index contributed by atoms with van der Waals surface area (Å²) >= 11 is 0. The fourth-order valence-corrected chi connectivity index (χ4v) is 1.95. The lowest BCUT2D eigenvalue weighted by molar-refractivity contribution is 0.0968. The first-order chi connectivity index (χ1) is 7.76. The van der Waals surface area contributed by atoms with Gasteiger partial charge in [-0.1, -0.05) is 6.07 Å². The second kappa shape index (κ2) is 4.63. The van der Waals surface area contributed by atoms with Crippen LogP contribution in [0.2, 0.25) is 0 Å². The number of ketones is 1. The highest BCUT2D eigenvalue weighted by atomic mass is 16.3. The van der Waals surface area contributed by atoms with Gasteiger partial charge in [-0.3, -0.25) is 4.79 Å². The minimum Gasteiger partial charge on any atom is -0.395 e. The number of anilines is 1. The number of hydrogen-bond donors (Lipinski definition) is 2. The first-order valence-electron chi connectivity index (χ1n) is 5.39. The zero-order valence-electron chi connectivity index (χ0n) is 9.02. The van der Waals surface area contributed by atoms with Crippen LogP contribution in [0.25, 0.3) is 0 Å². The van der Waals surface area contributed by atoms with Crippen LogP contribution in [0.3, 0.4) is 0 Å². The minimum atomic E-state index is 0.0328. The molecule has 4 heteroatoms. The number of fused-ring (bicyclic) bond motifs is 1. The molecular formula is C12H15NO3. The van der Waals surface area contributed by atoms with E-state index in [1.807, 2.05) is 23.1 Å². The number of benzene rings is 1. The Morgan fingerprint density at radius 2 is 1.88 bits per heavy atom. The summed E-state index contributed by atoms with van der Waals surface area (Å²) in [5.41, 5.74) is 2.75. The fourth-order valence-electron chi connectivity index (χ4n) is 1.95. The molecule has 0 radical (unpaired) electrons. The van der Waals surface area contributed by atoms with E-state index in [4.69, 9.17) is 10.2 Å². The van der Waals surface area contributed by atoms with E-state index in [0.717, 1.165) is 16.8 Å². The van der Waals surface area contributed by atoms with Gasteiger partial charge in [0.2, 0.25) is 0 Å². The highest BCUT2D eigenvalue weighted by Crippen LogP contribution is 2.27. The van der Waals surface area contributed by atoms with Crippen molar-refractivity contribution >= 4 is 11.5 Å². The van der Waals surface area contributed by atoms with Crippen molar-refractivity contribution in [3.05, 3.63) is 29.3 Å². The molecule has 0 aliphatic heterocycles. The summed E-state index contributed by atoms with van der Waals surface area (Å²) in [6.07, 6.45) is 0.537. The Bertz CT molecular complexity index is 397.